The number of hydrogen-bond acceptors (Lipinski definition) is 6. The second kappa shape index (κ2) is 8.13. The van der Waals surface area contributed by atoms with Gasteiger partial charge in [-0.25, -0.2) is 4.79 Å². The normalized spacial score (nSPS) is 10.6. The van der Waals surface area contributed by atoms with E-state index < -0.39 is 5.97 Å². The molecular formula is C24H18O6. The van der Waals surface area contributed by atoms with Crippen LogP contribution in [0.25, 0.3) is 11.0 Å². The van der Waals surface area contributed by atoms with Gasteiger partial charge in [0, 0.05) is 6.07 Å². The van der Waals surface area contributed by atoms with Gasteiger partial charge in [-0.2, -0.15) is 0 Å². The number of ether oxygens (including phenoxy) is 3. The van der Waals surface area contributed by atoms with Gasteiger partial charge in [0.05, 0.1) is 18.1 Å². The molecule has 3 aromatic carbocycles. The lowest BCUT2D eigenvalue weighted by Gasteiger charge is -2.10. The van der Waals surface area contributed by atoms with Crippen molar-refractivity contribution in [2.75, 3.05) is 7.11 Å². The fourth-order valence-corrected chi connectivity index (χ4v) is 3.01. The van der Waals surface area contributed by atoms with Gasteiger partial charge >= 0.3 is 5.97 Å². The summed E-state index contributed by atoms with van der Waals surface area (Å²) in [6.45, 7) is 1.83. The van der Waals surface area contributed by atoms with Crippen molar-refractivity contribution in [2.24, 2.45) is 0 Å². The van der Waals surface area contributed by atoms with Crippen LogP contribution in [0.15, 0.2) is 82.2 Å². The molecular weight excluding hydrogens is 384 g/mol. The van der Waals surface area contributed by atoms with Gasteiger partial charge in [0.1, 0.15) is 17.6 Å². The minimum atomic E-state index is -0.481. The Morgan fingerprint density at radius 2 is 1.63 bits per heavy atom. The van der Waals surface area contributed by atoms with Crippen molar-refractivity contribution < 1.29 is 23.4 Å². The summed E-state index contributed by atoms with van der Waals surface area (Å²) in [6, 6.07) is 18.7. The SMILES string of the molecule is COc1ccccc1Oc1coc2cc(OC(=O)c3ccccc3C)ccc2c1=O. The van der Waals surface area contributed by atoms with Gasteiger partial charge < -0.3 is 18.6 Å². The van der Waals surface area contributed by atoms with Gasteiger partial charge in [-0.15, -0.1) is 0 Å². The van der Waals surface area contributed by atoms with Crippen LogP contribution in [0.2, 0.25) is 0 Å². The summed E-state index contributed by atoms with van der Waals surface area (Å²) >= 11 is 0. The van der Waals surface area contributed by atoms with Gasteiger partial charge in [0.15, 0.2) is 11.5 Å². The number of benzene rings is 3. The van der Waals surface area contributed by atoms with E-state index >= 15 is 0 Å². The summed E-state index contributed by atoms with van der Waals surface area (Å²) in [4.78, 5) is 25.2. The molecule has 0 amide bonds. The highest BCUT2D eigenvalue weighted by Crippen LogP contribution is 2.30. The molecule has 0 unspecified atom stereocenters. The van der Waals surface area contributed by atoms with Gasteiger partial charge in [-0.3, -0.25) is 4.79 Å². The van der Waals surface area contributed by atoms with Crippen molar-refractivity contribution in [1.82, 2.24) is 0 Å². The van der Waals surface area contributed by atoms with E-state index in [1.54, 1.807) is 42.5 Å². The number of carbonyl (C=O) groups excluding carboxylic acids is 1. The highest BCUT2D eigenvalue weighted by atomic mass is 16.5. The molecule has 0 N–H and O–H groups in total. The predicted molar refractivity (Wildman–Crippen MR) is 112 cm³/mol. The second-order valence-electron chi connectivity index (χ2n) is 6.54. The molecule has 0 bridgehead atoms. The van der Waals surface area contributed by atoms with E-state index in [-0.39, 0.29) is 22.5 Å². The standard InChI is InChI=1S/C24H18O6/c1-15-7-3-4-8-17(15)24(26)29-16-11-12-18-21(13-16)28-14-22(23(18)25)30-20-10-6-5-9-19(20)27-2/h3-14H,1-2H3. The summed E-state index contributed by atoms with van der Waals surface area (Å²) in [5.74, 6) is 0.714. The van der Waals surface area contributed by atoms with Crippen LogP contribution >= 0.6 is 0 Å². The zero-order valence-electron chi connectivity index (χ0n) is 16.4. The highest BCUT2D eigenvalue weighted by Gasteiger charge is 2.15. The first kappa shape index (κ1) is 19.3. The molecule has 150 valence electrons. The Morgan fingerprint density at radius 1 is 0.900 bits per heavy atom. The zero-order valence-corrected chi connectivity index (χ0v) is 16.4. The number of carbonyl (C=O) groups is 1. The molecule has 0 fully saturated rings. The number of fused-ring (bicyclic) bond motifs is 1. The molecule has 0 saturated heterocycles. The number of rotatable bonds is 5. The Hall–Kier alpha value is -4.06. The average Bonchev–Trinajstić information content (AvgIpc) is 2.76. The Kier molecular flexibility index (Phi) is 5.22. The summed E-state index contributed by atoms with van der Waals surface area (Å²) in [5.41, 5.74) is 1.22. The van der Waals surface area contributed by atoms with E-state index in [2.05, 4.69) is 0 Å². The molecule has 0 saturated carbocycles. The lowest BCUT2D eigenvalue weighted by molar-refractivity contribution is 0.0734. The van der Waals surface area contributed by atoms with Crippen LogP contribution in [0.5, 0.6) is 23.0 Å². The third-order valence-electron chi connectivity index (χ3n) is 4.58. The van der Waals surface area contributed by atoms with Crippen molar-refractivity contribution in [1.29, 1.82) is 0 Å². The van der Waals surface area contributed by atoms with Crippen molar-refractivity contribution in [3.63, 3.8) is 0 Å². The van der Waals surface area contributed by atoms with E-state index in [4.69, 9.17) is 18.6 Å². The molecule has 30 heavy (non-hydrogen) atoms. The summed E-state index contributed by atoms with van der Waals surface area (Å²) in [7, 11) is 1.52. The molecule has 0 atom stereocenters. The monoisotopic (exact) mass is 402 g/mol. The van der Waals surface area contributed by atoms with Crippen LogP contribution in [0.4, 0.5) is 0 Å². The second-order valence-corrected chi connectivity index (χ2v) is 6.54. The molecule has 1 heterocycles. The fraction of sp³-hybridized carbons (Fsp3) is 0.0833. The molecule has 6 nitrogen and oxygen atoms in total. The van der Waals surface area contributed by atoms with Crippen LogP contribution in [0.1, 0.15) is 15.9 Å². The first-order valence-corrected chi connectivity index (χ1v) is 9.21. The van der Waals surface area contributed by atoms with Crippen molar-refractivity contribution in [2.45, 2.75) is 6.92 Å². The molecule has 0 spiro atoms. The van der Waals surface area contributed by atoms with E-state index in [1.165, 1.54) is 25.5 Å². The molecule has 6 heteroatoms. The smallest absolute Gasteiger partial charge is 0.343 e. The minimum Gasteiger partial charge on any atom is -0.493 e. The van der Waals surface area contributed by atoms with Crippen LogP contribution < -0.4 is 19.6 Å². The first-order chi connectivity index (χ1) is 14.6. The maximum atomic E-state index is 12.8. The Morgan fingerprint density at radius 3 is 2.40 bits per heavy atom. The van der Waals surface area contributed by atoms with Crippen LogP contribution in [-0.4, -0.2) is 13.1 Å². The predicted octanol–water partition coefficient (Wildman–Crippen LogP) is 5.12. The van der Waals surface area contributed by atoms with E-state index in [9.17, 15) is 9.59 Å². The number of para-hydroxylation sites is 2. The van der Waals surface area contributed by atoms with Crippen LogP contribution in [-0.2, 0) is 0 Å². The van der Waals surface area contributed by atoms with Crippen molar-refractivity contribution in [3.8, 4) is 23.0 Å². The lowest BCUT2D eigenvalue weighted by atomic mass is 10.1. The molecule has 0 aliphatic rings. The molecule has 1 aromatic heterocycles. The molecule has 0 aliphatic carbocycles. The number of methoxy groups -OCH3 is 1. The summed E-state index contributed by atoms with van der Waals surface area (Å²) < 4.78 is 21.9. The van der Waals surface area contributed by atoms with E-state index in [1.807, 2.05) is 19.1 Å². The topological polar surface area (TPSA) is 75.0 Å². The Labute approximate surface area is 172 Å². The maximum Gasteiger partial charge on any atom is 0.343 e. The molecule has 0 radical (unpaired) electrons. The third-order valence-corrected chi connectivity index (χ3v) is 4.58. The third kappa shape index (κ3) is 3.75. The van der Waals surface area contributed by atoms with Gasteiger partial charge in [0.25, 0.3) is 0 Å². The van der Waals surface area contributed by atoms with Gasteiger partial charge in [-0.1, -0.05) is 30.3 Å². The van der Waals surface area contributed by atoms with Gasteiger partial charge in [0.2, 0.25) is 11.2 Å². The van der Waals surface area contributed by atoms with Crippen molar-refractivity contribution >= 4 is 16.9 Å². The molecule has 4 aromatic rings. The number of aryl methyl sites for hydroxylation is 1. The molecule has 4 rings (SSSR count). The quantitative estimate of drug-likeness (QED) is 0.341. The minimum absolute atomic E-state index is 0.0247. The van der Waals surface area contributed by atoms with Crippen LogP contribution in [0, 0.1) is 6.92 Å². The average molecular weight is 402 g/mol. The van der Waals surface area contributed by atoms with E-state index in [0.29, 0.717) is 22.4 Å². The lowest BCUT2D eigenvalue weighted by Crippen LogP contribution is -2.10. The number of hydrogen-bond donors (Lipinski definition) is 0. The van der Waals surface area contributed by atoms with Crippen molar-refractivity contribution in [3.05, 3.63) is 94.3 Å². The zero-order chi connectivity index (χ0) is 21.1. The largest absolute Gasteiger partial charge is 0.493 e. The van der Waals surface area contributed by atoms with Gasteiger partial charge in [-0.05, 0) is 42.8 Å². The first-order valence-electron chi connectivity index (χ1n) is 9.21. The maximum absolute atomic E-state index is 12.8. The fourth-order valence-electron chi connectivity index (χ4n) is 3.01. The Balaban J connectivity index is 1.62. The van der Waals surface area contributed by atoms with Crippen LogP contribution in [0.3, 0.4) is 0 Å². The number of esters is 1. The summed E-state index contributed by atoms with van der Waals surface area (Å²) in [6.07, 6.45) is 1.23. The Bertz CT molecular complexity index is 1290. The van der Waals surface area contributed by atoms with E-state index in [0.717, 1.165) is 5.56 Å². The molecule has 0 aliphatic heterocycles. The summed E-state index contributed by atoms with van der Waals surface area (Å²) in [5, 5.41) is 0.304. The highest BCUT2D eigenvalue weighted by molar-refractivity contribution is 5.93.